The van der Waals surface area contributed by atoms with E-state index in [0.29, 0.717) is 5.56 Å². The number of benzene rings is 7. The average Bonchev–Trinajstić information content (AvgIpc) is 3.21. The van der Waals surface area contributed by atoms with Crippen molar-refractivity contribution < 1.29 is 8.42 Å². The van der Waals surface area contributed by atoms with Crippen molar-refractivity contribution in [2.45, 2.75) is 10.1 Å². The maximum Gasteiger partial charge on any atom is 0.188 e. The van der Waals surface area contributed by atoms with E-state index < -0.39 is 15.1 Å². The fraction of sp³-hybridized carbons (Fsp3) is 0.0213. The number of rotatable bonds is 12. The molecular weight excluding hydrogens is 657 g/mol. The summed E-state index contributed by atoms with van der Waals surface area (Å²) >= 11 is 0. The molecule has 4 nitrogen and oxygen atoms in total. The van der Waals surface area contributed by atoms with Gasteiger partial charge in [-0.1, -0.05) is 140 Å². The summed E-state index contributed by atoms with van der Waals surface area (Å²) in [4.78, 5) is 4.66. The molecule has 0 aliphatic carbocycles. The van der Waals surface area contributed by atoms with Crippen LogP contribution >= 0.6 is 0 Å². The topological polar surface area (TPSA) is 40.6 Å². The predicted octanol–water partition coefficient (Wildman–Crippen LogP) is 12.4. The molecule has 0 amide bonds. The number of hydrogen-bond donors (Lipinski definition) is 0. The van der Waals surface area contributed by atoms with Crippen LogP contribution in [0.25, 0.3) is 6.08 Å². The molecule has 0 aromatic heterocycles. The number of anilines is 6. The van der Waals surface area contributed by atoms with Crippen LogP contribution in [0, 0.1) is 0 Å². The number of allylic oxidation sites excluding steroid dienone is 2. The summed E-state index contributed by atoms with van der Waals surface area (Å²) in [5.74, 6) is 0. The lowest BCUT2D eigenvalue weighted by Gasteiger charge is -2.26. The van der Waals surface area contributed by atoms with E-state index in [1.807, 2.05) is 121 Å². The molecular formula is C47H38N2O2S. The smallest absolute Gasteiger partial charge is 0.188 e. The number of para-hydroxylation sites is 4. The molecule has 0 aliphatic heterocycles. The zero-order chi connectivity index (χ0) is 35.6. The number of sulfone groups is 1. The van der Waals surface area contributed by atoms with Crippen molar-refractivity contribution in [3.63, 3.8) is 0 Å². The molecule has 7 rings (SSSR count). The third-order valence-electron chi connectivity index (χ3n) is 8.78. The standard InChI is InChI=1S/C47H38N2O2S/c50-52(51,46-27-14-5-15-28-46)47(39-32-36-45(37-33-39)49(42-23-10-3-11-24-42)43-25-12-4-13-26-43)29-17-16-18-38-30-34-44(35-31-38)48(40-19-6-1-7-20-40)41-21-8-2-9-22-41/h1-37,47H. The first kappa shape index (κ1) is 34.0. The lowest BCUT2D eigenvalue weighted by Crippen LogP contribution is -2.13. The number of nitrogens with zero attached hydrogens (tertiary/aromatic N) is 2. The lowest BCUT2D eigenvalue weighted by atomic mass is 10.1. The van der Waals surface area contributed by atoms with Gasteiger partial charge in [0, 0.05) is 34.1 Å². The van der Waals surface area contributed by atoms with E-state index in [0.717, 1.165) is 39.7 Å². The van der Waals surface area contributed by atoms with Gasteiger partial charge in [-0.15, -0.1) is 0 Å². The highest BCUT2D eigenvalue weighted by atomic mass is 32.2. The first-order valence-corrected chi connectivity index (χ1v) is 18.8. The van der Waals surface area contributed by atoms with Crippen LogP contribution in [0.2, 0.25) is 0 Å². The van der Waals surface area contributed by atoms with Crippen molar-refractivity contribution in [2.75, 3.05) is 9.80 Å². The Morgan fingerprint density at radius 3 is 1.13 bits per heavy atom. The van der Waals surface area contributed by atoms with Gasteiger partial charge in [0.25, 0.3) is 0 Å². The Bertz CT molecular complexity index is 2250. The van der Waals surface area contributed by atoms with Crippen LogP contribution in [0.3, 0.4) is 0 Å². The summed E-state index contributed by atoms with van der Waals surface area (Å²) < 4.78 is 28.2. The van der Waals surface area contributed by atoms with Gasteiger partial charge in [0.2, 0.25) is 0 Å². The highest BCUT2D eigenvalue weighted by Crippen LogP contribution is 2.37. The Morgan fingerprint density at radius 2 is 0.731 bits per heavy atom. The molecule has 1 atom stereocenters. The minimum Gasteiger partial charge on any atom is -0.311 e. The van der Waals surface area contributed by atoms with Gasteiger partial charge in [-0.2, -0.15) is 0 Å². The van der Waals surface area contributed by atoms with Gasteiger partial charge in [0.15, 0.2) is 9.84 Å². The van der Waals surface area contributed by atoms with Crippen LogP contribution in [0.1, 0.15) is 16.4 Å². The molecule has 254 valence electrons. The van der Waals surface area contributed by atoms with Gasteiger partial charge in [-0.05, 0) is 96.1 Å². The van der Waals surface area contributed by atoms with Gasteiger partial charge in [0.1, 0.15) is 5.25 Å². The maximum atomic E-state index is 14.1. The van der Waals surface area contributed by atoms with Crippen molar-refractivity contribution in [1.82, 2.24) is 0 Å². The zero-order valence-corrected chi connectivity index (χ0v) is 29.4. The quantitative estimate of drug-likeness (QED) is 0.119. The normalized spacial score (nSPS) is 12.2. The third-order valence-corrected chi connectivity index (χ3v) is 10.8. The molecule has 0 saturated carbocycles. The van der Waals surface area contributed by atoms with Gasteiger partial charge >= 0.3 is 0 Å². The molecule has 0 N–H and O–H groups in total. The van der Waals surface area contributed by atoms with E-state index in [-0.39, 0.29) is 4.90 Å². The Kier molecular flexibility index (Phi) is 10.5. The highest BCUT2D eigenvalue weighted by molar-refractivity contribution is 7.91. The van der Waals surface area contributed by atoms with Gasteiger partial charge < -0.3 is 9.80 Å². The zero-order valence-electron chi connectivity index (χ0n) is 28.6. The van der Waals surface area contributed by atoms with Crippen molar-refractivity contribution in [1.29, 1.82) is 0 Å². The maximum absolute atomic E-state index is 14.1. The molecule has 0 bridgehead atoms. The van der Waals surface area contributed by atoms with E-state index in [9.17, 15) is 8.42 Å². The van der Waals surface area contributed by atoms with Gasteiger partial charge in [0.05, 0.1) is 4.90 Å². The van der Waals surface area contributed by atoms with Crippen LogP contribution < -0.4 is 9.80 Å². The largest absolute Gasteiger partial charge is 0.311 e. The first-order valence-electron chi connectivity index (χ1n) is 17.2. The summed E-state index contributed by atoms with van der Waals surface area (Å²) in [6, 6.07) is 65.7. The summed E-state index contributed by atoms with van der Waals surface area (Å²) in [5.41, 5.74) is 7.84. The van der Waals surface area contributed by atoms with Crippen LogP contribution in [0.5, 0.6) is 0 Å². The summed E-state index contributed by atoms with van der Waals surface area (Å²) in [6.07, 6.45) is 7.48. The van der Waals surface area contributed by atoms with Crippen LogP contribution in [-0.2, 0) is 9.84 Å². The molecule has 0 spiro atoms. The second kappa shape index (κ2) is 16.1. The minimum atomic E-state index is -3.74. The van der Waals surface area contributed by atoms with Crippen molar-refractivity contribution in [2.24, 2.45) is 0 Å². The van der Waals surface area contributed by atoms with E-state index in [1.165, 1.54) is 0 Å². The number of hydrogen-bond acceptors (Lipinski definition) is 4. The Morgan fingerprint density at radius 1 is 0.385 bits per heavy atom. The van der Waals surface area contributed by atoms with Crippen LogP contribution in [-0.4, -0.2) is 8.42 Å². The molecule has 7 aromatic carbocycles. The molecule has 5 heteroatoms. The first-order chi connectivity index (χ1) is 25.6. The van der Waals surface area contributed by atoms with Crippen LogP contribution in [0.15, 0.2) is 223 Å². The average molecular weight is 695 g/mol. The Hall–Kier alpha value is -6.43. The SMILES string of the molecule is O=S(=O)(c1ccccc1)C(C=CC=Cc1ccc(N(c2ccccc2)c2ccccc2)cc1)c1ccc(N(c2ccccc2)c2ccccc2)cc1. The molecule has 1 unspecified atom stereocenters. The molecule has 0 radical (unpaired) electrons. The second-order valence-electron chi connectivity index (χ2n) is 12.2. The van der Waals surface area contributed by atoms with E-state index in [4.69, 9.17) is 0 Å². The summed E-state index contributed by atoms with van der Waals surface area (Å²) in [5, 5.41) is -0.886. The van der Waals surface area contributed by atoms with E-state index >= 15 is 0 Å². The molecule has 0 heterocycles. The monoisotopic (exact) mass is 694 g/mol. The highest BCUT2D eigenvalue weighted by Gasteiger charge is 2.27. The minimum absolute atomic E-state index is 0.282. The summed E-state index contributed by atoms with van der Waals surface area (Å²) in [6.45, 7) is 0. The molecule has 0 saturated heterocycles. The Balaban J connectivity index is 1.16. The fourth-order valence-corrected chi connectivity index (χ4v) is 7.88. The van der Waals surface area contributed by atoms with E-state index in [1.54, 1.807) is 30.3 Å². The van der Waals surface area contributed by atoms with Crippen molar-refractivity contribution in [3.8, 4) is 0 Å². The van der Waals surface area contributed by atoms with Crippen molar-refractivity contribution >= 4 is 50.0 Å². The molecule has 52 heavy (non-hydrogen) atoms. The molecule has 0 fully saturated rings. The fourth-order valence-electron chi connectivity index (χ4n) is 6.23. The van der Waals surface area contributed by atoms with Gasteiger partial charge in [-0.25, -0.2) is 8.42 Å². The lowest BCUT2D eigenvalue weighted by molar-refractivity contribution is 0.590. The Labute approximate surface area is 306 Å². The van der Waals surface area contributed by atoms with Gasteiger partial charge in [-0.3, -0.25) is 0 Å². The van der Waals surface area contributed by atoms with Crippen LogP contribution in [0.4, 0.5) is 34.1 Å². The summed E-state index contributed by atoms with van der Waals surface area (Å²) in [7, 11) is -3.74. The molecule has 0 aliphatic rings. The predicted molar refractivity (Wildman–Crippen MR) is 217 cm³/mol. The molecule has 7 aromatic rings. The second-order valence-corrected chi connectivity index (χ2v) is 14.3. The van der Waals surface area contributed by atoms with Crippen molar-refractivity contribution in [3.05, 3.63) is 230 Å². The van der Waals surface area contributed by atoms with E-state index in [2.05, 4.69) is 82.6 Å². The third kappa shape index (κ3) is 7.81.